The van der Waals surface area contributed by atoms with Gasteiger partial charge in [-0.3, -0.25) is 4.79 Å². The summed E-state index contributed by atoms with van der Waals surface area (Å²) in [4.78, 5) is 10.6. The van der Waals surface area contributed by atoms with Crippen LogP contribution in [0.15, 0.2) is 36.4 Å². The van der Waals surface area contributed by atoms with Gasteiger partial charge in [0.25, 0.3) is 0 Å². The van der Waals surface area contributed by atoms with Gasteiger partial charge >= 0.3 is 0 Å². The van der Waals surface area contributed by atoms with Crippen molar-refractivity contribution < 1.29 is 4.79 Å². The van der Waals surface area contributed by atoms with Gasteiger partial charge in [0.15, 0.2) is 0 Å². The number of fused-ring (bicyclic) bond motifs is 1. The van der Waals surface area contributed by atoms with Crippen LogP contribution in [-0.2, 0) is 4.79 Å². The first-order chi connectivity index (χ1) is 6.33. The highest BCUT2D eigenvalue weighted by molar-refractivity contribution is 6.36. The minimum Gasteiger partial charge on any atom is -0.285 e. The molecule has 0 saturated carbocycles. The third kappa shape index (κ3) is 1.31. The Morgan fingerprint density at radius 3 is 2.38 bits per heavy atom. The fourth-order valence-corrected chi connectivity index (χ4v) is 1.58. The second-order valence-electron chi connectivity index (χ2n) is 2.74. The third-order valence-electron chi connectivity index (χ3n) is 1.98. The number of hydrogen-bond donors (Lipinski definition) is 0. The average Bonchev–Trinajstić information content (AvgIpc) is 2.19. The third-order valence-corrected chi connectivity index (χ3v) is 2.31. The van der Waals surface area contributed by atoms with Gasteiger partial charge in [-0.1, -0.05) is 35.9 Å². The summed E-state index contributed by atoms with van der Waals surface area (Å²) in [6.07, 6.45) is 1.89. The molecule has 0 fully saturated rings. The Balaban J connectivity index is 2.92. The molecule has 0 unspecified atom stereocenters. The van der Waals surface area contributed by atoms with Gasteiger partial charge in [0.2, 0.25) is 6.29 Å². The minimum atomic E-state index is 0.556. The van der Waals surface area contributed by atoms with Crippen molar-refractivity contribution in [2.45, 2.75) is 0 Å². The zero-order chi connectivity index (χ0) is 9.26. The predicted molar refractivity (Wildman–Crippen MR) is 53.8 cm³/mol. The molecule has 0 aliphatic rings. The molecule has 2 rings (SSSR count). The quantitative estimate of drug-likeness (QED) is 0.674. The molecule has 0 aliphatic heterocycles. The molecule has 0 N–H and O–H groups in total. The molecule has 0 bridgehead atoms. The van der Waals surface area contributed by atoms with Gasteiger partial charge in [-0.05, 0) is 17.5 Å². The van der Waals surface area contributed by atoms with Crippen LogP contribution in [0.5, 0.6) is 0 Å². The van der Waals surface area contributed by atoms with E-state index in [9.17, 15) is 4.79 Å². The van der Waals surface area contributed by atoms with Gasteiger partial charge in [-0.2, -0.15) is 0 Å². The van der Waals surface area contributed by atoms with Crippen LogP contribution in [0.1, 0.15) is 5.56 Å². The van der Waals surface area contributed by atoms with E-state index in [1.807, 2.05) is 30.6 Å². The van der Waals surface area contributed by atoms with Crippen molar-refractivity contribution in [1.82, 2.24) is 0 Å². The number of halogens is 1. The topological polar surface area (TPSA) is 17.1 Å². The molecular weight excluding hydrogens is 184 g/mol. The summed E-state index contributed by atoms with van der Waals surface area (Å²) in [5.41, 5.74) is 0.556. The van der Waals surface area contributed by atoms with Crippen molar-refractivity contribution in [2.75, 3.05) is 0 Å². The SMILES string of the molecule is O=[C]c1ccc(Cl)c2ccccc12. The number of hydrogen-bond acceptors (Lipinski definition) is 1. The van der Waals surface area contributed by atoms with E-state index in [-0.39, 0.29) is 0 Å². The molecule has 2 heteroatoms. The van der Waals surface area contributed by atoms with E-state index >= 15 is 0 Å². The van der Waals surface area contributed by atoms with Gasteiger partial charge in [-0.15, -0.1) is 0 Å². The van der Waals surface area contributed by atoms with Gasteiger partial charge in [0.05, 0.1) is 0 Å². The molecule has 13 heavy (non-hydrogen) atoms. The van der Waals surface area contributed by atoms with Gasteiger partial charge < -0.3 is 0 Å². The predicted octanol–water partition coefficient (Wildman–Crippen LogP) is 2.95. The van der Waals surface area contributed by atoms with Gasteiger partial charge in [0, 0.05) is 16.0 Å². The summed E-state index contributed by atoms with van der Waals surface area (Å²) < 4.78 is 0. The average molecular weight is 190 g/mol. The zero-order valence-corrected chi connectivity index (χ0v) is 7.51. The standard InChI is InChI=1S/C11H6ClO/c12-11-6-5-8(7-13)9-3-1-2-4-10(9)11/h1-6H. The van der Waals surface area contributed by atoms with Gasteiger partial charge in [0.1, 0.15) is 0 Å². The fraction of sp³-hybridized carbons (Fsp3) is 0. The molecule has 0 heterocycles. The summed E-state index contributed by atoms with van der Waals surface area (Å²) in [7, 11) is 0. The lowest BCUT2D eigenvalue weighted by Gasteiger charge is -2.01. The van der Waals surface area contributed by atoms with E-state index in [1.165, 1.54) is 0 Å². The van der Waals surface area contributed by atoms with E-state index in [4.69, 9.17) is 11.6 Å². The number of benzene rings is 2. The number of carbonyl (C=O) groups excluding carboxylic acids is 1. The fourth-order valence-electron chi connectivity index (χ4n) is 1.35. The molecule has 0 saturated heterocycles. The van der Waals surface area contributed by atoms with Crippen LogP contribution in [0.2, 0.25) is 5.02 Å². The Morgan fingerprint density at radius 2 is 1.69 bits per heavy atom. The maximum Gasteiger partial charge on any atom is 0.234 e. The summed E-state index contributed by atoms with van der Waals surface area (Å²) in [6, 6.07) is 10.9. The lowest BCUT2D eigenvalue weighted by molar-refractivity contribution is 0.563. The Kier molecular flexibility index (Phi) is 2.03. The highest BCUT2D eigenvalue weighted by atomic mass is 35.5. The Bertz CT molecular complexity index is 463. The van der Waals surface area contributed by atoms with Crippen molar-refractivity contribution in [2.24, 2.45) is 0 Å². The first-order valence-corrected chi connectivity index (χ1v) is 4.26. The van der Waals surface area contributed by atoms with E-state index in [0.29, 0.717) is 10.6 Å². The Morgan fingerprint density at radius 1 is 1.00 bits per heavy atom. The van der Waals surface area contributed by atoms with Crippen molar-refractivity contribution in [3.63, 3.8) is 0 Å². The lowest BCUT2D eigenvalue weighted by Crippen LogP contribution is -1.83. The van der Waals surface area contributed by atoms with Crippen LogP contribution < -0.4 is 0 Å². The summed E-state index contributed by atoms with van der Waals surface area (Å²) in [6.45, 7) is 0. The largest absolute Gasteiger partial charge is 0.285 e. The van der Waals surface area contributed by atoms with Crippen LogP contribution in [0, 0.1) is 0 Å². The first-order valence-electron chi connectivity index (χ1n) is 3.88. The van der Waals surface area contributed by atoms with Crippen molar-refractivity contribution in [3.05, 3.63) is 47.0 Å². The number of rotatable bonds is 1. The van der Waals surface area contributed by atoms with Crippen molar-refractivity contribution in [1.29, 1.82) is 0 Å². The Labute approximate surface area is 80.9 Å². The van der Waals surface area contributed by atoms with Crippen LogP contribution >= 0.6 is 11.6 Å². The van der Waals surface area contributed by atoms with E-state index in [1.54, 1.807) is 12.1 Å². The van der Waals surface area contributed by atoms with E-state index in [0.717, 1.165) is 10.8 Å². The highest BCUT2D eigenvalue weighted by Crippen LogP contribution is 2.25. The lowest BCUT2D eigenvalue weighted by atomic mass is 10.1. The Hall–Kier alpha value is -1.34. The van der Waals surface area contributed by atoms with Crippen LogP contribution in [0.25, 0.3) is 10.8 Å². The van der Waals surface area contributed by atoms with Crippen LogP contribution in [0.3, 0.4) is 0 Å². The normalized spacial score (nSPS) is 10.2. The molecule has 1 radical (unpaired) electrons. The molecule has 0 spiro atoms. The van der Waals surface area contributed by atoms with Crippen molar-refractivity contribution in [3.8, 4) is 0 Å². The second-order valence-corrected chi connectivity index (χ2v) is 3.15. The maximum absolute atomic E-state index is 10.6. The van der Waals surface area contributed by atoms with E-state index in [2.05, 4.69) is 0 Å². The van der Waals surface area contributed by atoms with Crippen LogP contribution in [-0.4, -0.2) is 6.29 Å². The van der Waals surface area contributed by atoms with Crippen molar-refractivity contribution >= 4 is 28.7 Å². The van der Waals surface area contributed by atoms with E-state index < -0.39 is 0 Å². The molecule has 0 aromatic heterocycles. The smallest absolute Gasteiger partial charge is 0.234 e. The first kappa shape index (κ1) is 8.27. The zero-order valence-electron chi connectivity index (χ0n) is 6.75. The molecule has 1 nitrogen and oxygen atoms in total. The second kappa shape index (κ2) is 3.19. The molecule has 2 aromatic carbocycles. The molecule has 0 amide bonds. The summed E-state index contributed by atoms with van der Waals surface area (Å²) in [5, 5.41) is 2.41. The summed E-state index contributed by atoms with van der Waals surface area (Å²) >= 11 is 5.96. The molecule has 2 aromatic rings. The monoisotopic (exact) mass is 189 g/mol. The molecule has 0 aliphatic carbocycles. The molecule has 63 valence electrons. The van der Waals surface area contributed by atoms with Crippen LogP contribution in [0.4, 0.5) is 0 Å². The van der Waals surface area contributed by atoms with Gasteiger partial charge in [-0.25, -0.2) is 0 Å². The highest BCUT2D eigenvalue weighted by Gasteiger charge is 2.02. The minimum absolute atomic E-state index is 0.556. The summed E-state index contributed by atoms with van der Waals surface area (Å²) in [5.74, 6) is 0. The molecular formula is C11H6ClO. The molecule has 0 atom stereocenters. The maximum atomic E-state index is 10.6.